The average molecular weight is 233 g/mol. The van der Waals surface area contributed by atoms with E-state index in [-0.39, 0.29) is 5.91 Å². The summed E-state index contributed by atoms with van der Waals surface area (Å²) in [6, 6.07) is 5.89. The van der Waals surface area contributed by atoms with Gasteiger partial charge in [0.05, 0.1) is 6.54 Å². The van der Waals surface area contributed by atoms with Crippen LogP contribution in [0.3, 0.4) is 0 Å². The molecule has 0 aromatic heterocycles. The Bertz CT molecular complexity index is 417. The Balaban J connectivity index is 2.02. The summed E-state index contributed by atoms with van der Waals surface area (Å²) in [5, 5.41) is 2.89. The molecule has 1 aliphatic heterocycles. The Labute approximate surface area is 102 Å². The third kappa shape index (κ3) is 2.52. The SMILES string of the molecule is CCCNC(=O)CN1CCc2c(N)cccc21. The van der Waals surface area contributed by atoms with Crippen LogP contribution < -0.4 is 16.0 Å². The molecule has 2 rings (SSSR count). The molecule has 1 heterocycles. The zero-order valence-corrected chi connectivity index (χ0v) is 10.2. The second-order valence-electron chi connectivity index (χ2n) is 4.37. The van der Waals surface area contributed by atoms with Crippen LogP contribution in [-0.4, -0.2) is 25.5 Å². The van der Waals surface area contributed by atoms with Gasteiger partial charge in [0.25, 0.3) is 0 Å². The lowest BCUT2D eigenvalue weighted by molar-refractivity contribution is -0.119. The van der Waals surface area contributed by atoms with Crippen LogP contribution in [0.4, 0.5) is 11.4 Å². The number of fused-ring (bicyclic) bond motifs is 1. The van der Waals surface area contributed by atoms with Crippen molar-refractivity contribution in [3.8, 4) is 0 Å². The van der Waals surface area contributed by atoms with Gasteiger partial charge in [0.15, 0.2) is 0 Å². The fourth-order valence-electron chi connectivity index (χ4n) is 2.19. The predicted molar refractivity (Wildman–Crippen MR) is 70.1 cm³/mol. The van der Waals surface area contributed by atoms with Crippen molar-refractivity contribution in [3.63, 3.8) is 0 Å². The highest BCUT2D eigenvalue weighted by Gasteiger charge is 2.22. The van der Waals surface area contributed by atoms with Crippen molar-refractivity contribution in [1.29, 1.82) is 0 Å². The molecule has 0 unspecified atom stereocenters. The van der Waals surface area contributed by atoms with Crippen molar-refractivity contribution < 1.29 is 4.79 Å². The van der Waals surface area contributed by atoms with E-state index in [1.807, 2.05) is 25.1 Å². The maximum absolute atomic E-state index is 11.7. The van der Waals surface area contributed by atoms with Crippen molar-refractivity contribution in [1.82, 2.24) is 5.32 Å². The van der Waals surface area contributed by atoms with E-state index < -0.39 is 0 Å². The normalized spacial score (nSPS) is 13.6. The van der Waals surface area contributed by atoms with Crippen molar-refractivity contribution in [2.45, 2.75) is 19.8 Å². The highest BCUT2D eigenvalue weighted by atomic mass is 16.2. The molecular weight excluding hydrogens is 214 g/mol. The first-order chi connectivity index (χ1) is 8.22. The van der Waals surface area contributed by atoms with E-state index in [1.165, 1.54) is 5.56 Å². The van der Waals surface area contributed by atoms with Gasteiger partial charge in [-0.15, -0.1) is 0 Å². The van der Waals surface area contributed by atoms with Crippen LogP contribution in [0.5, 0.6) is 0 Å². The summed E-state index contributed by atoms with van der Waals surface area (Å²) >= 11 is 0. The number of hydrogen-bond acceptors (Lipinski definition) is 3. The maximum atomic E-state index is 11.7. The number of nitrogens with one attached hydrogen (secondary N) is 1. The van der Waals surface area contributed by atoms with Gasteiger partial charge in [0.1, 0.15) is 0 Å². The van der Waals surface area contributed by atoms with E-state index in [0.717, 1.165) is 37.3 Å². The highest BCUT2D eigenvalue weighted by molar-refractivity contribution is 5.83. The van der Waals surface area contributed by atoms with Gasteiger partial charge in [-0.05, 0) is 25.0 Å². The quantitative estimate of drug-likeness (QED) is 0.767. The van der Waals surface area contributed by atoms with Gasteiger partial charge in [-0.3, -0.25) is 4.79 Å². The van der Waals surface area contributed by atoms with Gasteiger partial charge in [-0.1, -0.05) is 13.0 Å². The van der Waals surface area contributed by atoms with E-state index in [2.05, 4.69) is 10.2 Å². The van der Waals surface area contributed by atoms with E-state index in [1.54, 1.807) is 0 Å². The third-order valence-electron chi connectivity index (χ3n) is 3.07. The number of nitrogen functional groups attached to an aromatic ring is 1. The number of nitrogens with zero attached hydrogens (tertiary/aromatic N) is 1. The summed E-state index contributed by atoms with van der Waals surface area (Å²) in [5.41, 5.74) is 9.03. The third-order valence-corrected chi connectivity index (χ3v) is 3.07. The van der Waals surface area contributed by atoms with Crippen molar-refractivity contribution in [2.24, 2.45) is 0 Å². The zero-order chi connectivity index (χ0) is 12.3. The molecule has 4 heteroatoms. The number of carbonyl (C=O) groups excluding carboxylic acids is 1. The second-order valence-corrected chi connectivity index (χ2v) is 4.37. The first kappa shape index (κ1) is 11.8. The van der Waals surface area contributed by atoms with E-state index >= 15 is 0 Å². The van der Waals surface area contributed by atoms with Crippen LogP contribution in [0.2, 0.25) is 0 Å². The van der Waals surface area contributed by atoms with Crippen LogP contribution >= 0.6 is 0 Å². The number of benzene rings is 1. The monoisotopic (exact) mass is 233 g/mol. The maximum Gasteiger partial charge on any atom is 0.239 e. The molecule has 0 atom stereocenters. The van der Waals surface area contributed by atoms with E-state index in [0.29, 0.717) is 6.54 Å². The molecule has 0 bridgehead atoms. The van der Waals surface area contributed by atoms with Gasteiger partial charge in [-0.2, -0.15) is 0 Å². The van der Waals surface area contributed by atoms with Gasteiger partial charge < -0.3 is 16.0 Å². The Morgan fingerprint density at radius 3 is 3.12 bits per heavy atom. The molecule has 0 fully saturated rings. The molecular formula is C13H19N3O. The smallest absolute Gasteiger partial charge is 0.239 e. The molecule has 0 radical (unpaired) electrons. The molecule has 4 nitrogen and oxygen atoms in total. The van der Waals surface area contributed by atoms with E-state index in [9.17, 15) is 4.79 Å². The Morgan fingerprint density at radius 2 is 2.35 bits per heavy atom. The van der Waals surface area contributed by atoms with Crippen LogP contribution in [0.15, 0.2) is 18.2 Å². The predicted octanol–water partition coefficient (Wildman–Crippen LogP) is 1.16. The molecule has 1 aliphatic rings. The molecule has 0 spiro atoms. The number of anilines is 2. The number of amides is 1. The first-order valence-electron chi connectivity index (χ1n) is 6.11. The Kier molecular flexibility index (Phi) is 3.52. The molecule has 92 valence electrons. The van der Waals surface area contributed by atoms with Gasteiger partial charge in [0.2, 0.25) is 5.91 Å². The summed E-state index contributed by atoms with van der Waals surface area (Å²) in [4.78, 5) is 13.8. The minimum Gasteiger partial charge on any atom is -0.398 e. The minimum absolute atomic E-state index is 0.0853. The Morgan fingerprint density at radius 1 is 1.53 bits per heavy atom. The lowest BCUT2D eigenvalue weighted by Gasteiger charge is -2.18. The van der Waals surface area contributed by atoms with Crippen molar-refractivity contribution in [3.05, 3.63) is 23.8 Å². The van der Waals surface area contributed by atoms with Crippen LogP contribution in [-0.2, 0) is 11.2 Å². The average Bonchev–Trinajstić information content (AvgIpc) is 2.71. The fraction of sp³-hybridized carbons (Fsp3) is 0.462. The lowest BCUT2D eigenvalue weighted by Crippen LogP contribution is -2.36. The molecule has 0 aliphatic carbocycles. The molecule has 17 heavy (non-hydrogen) atoms. The zero-order valence-electron chi connectivity index (χ0n) is 10.2. The van der Waals surface area contributed by atoms with Crippen LogP contribution in [0.25, 0.3) is 0 Å². The summed E-state index contributed by atoms with van der Waals surface area (Å²) < 4.78 is 0. The largest absolute Gasteiger partial charge is 0.398 e. The van der Waals surface area contributed by atoms with Crippen molar-refractivity contribution in [2.75, 3.05) is 30.3 Å². The van der Waals surface area contributed by atoms with Crippen LogP contribution in [0, 0.1) is 0 Å². The van der Waals surface area contributed by atoms with Crippen molar-refractivity contribution >= 4 is 17.3 Å². The molecule has 1 amide bonds. The molecule has 1 aromatic carbocycles. The number of carbonyl (C=O) groups is 1. The van der Waals surface area contributed by atoms with Gasteiger partial charge in [0, 0.05) is 30.0 Å². The Hall–Kier alpha value is -1.71. The topological polar surface area (TPSA) is 58.4 Å². The van der Waals surface area contributed by atoms with Gasteiger partial charge >= 0.3 is 0 Å². The summed E-state index contributed by atoms with van der Waals surface area (Å²) in [7, 11) is 0. The highest BCUT2D eigenvalue weighted by Crippen LogP contribution is 2.31. The summed E-state index contributed by atoms with van der Waals surface area (Å²) in [6.07, 6.45) is 1.90. The van der Waals surface area contributed by atoms with Gasteiger partial charge in [-0.25, -0.2) is 0 Å². The van der Waals surface area contributed by atoms with E-state index in [4.69, 9.17) is 5.73 Å². The molecule has 0 saturated carbocycles. The summed E-state index contributed by atoms with van der Waals surface area (Å²) in [6.45, 7) is 4.10. The number of nitrogens with two attached hydrogens (primary N) is 1. The minimum atomic E-state index is 0.0853. The summed E-state index contributed by atoms with van der Waals surface area (Å²) in [5.74, 6) is 0.0853. The number of rotatable bonds is 4. The molecule has 0 saturated heterocycles. The standard InChI is InChI=1S/C13H19N3O/c1-2-7-15-13(17)9-16-8-6-10-11(14)4-3-5-12(10)16/h3-5H,2,6-9,14H2,1H3,(H,15,17). The first-order valence-corrected chi connectivity index (χ1v) is 6.11. The molecule has 3 N–H and O–H groups in total. The molecule has 1 aromatic rings. The van der Waals surface area contributed by atoms with Crippen LogP contribution in [0.1, 0.15) is 18.9 Å². The number of hydrogen-bond donors (Lipinski definition) is 2. The fourth-order valence-corrected chi connectivity index (χ4v) is 2.19. The second kappa shape index (κ2) is 5.08. The lowest BCUT2D eigenvalue weighted by atomic mass is 10.1.